The number of benzene rings is 2. The highest BCUT2D eigenvalue weighted by molar-refractivity contribution is 7.17. The number of amides is 2. The van der Waals surface area contributed by atoms with Crippen molar-refractivity contribution in [2.45, 2.75) is 56.8 Å². The van der Waals surface area contributed by atoms with E-state index in [1.165, 1.54) is 29.3 Å². The Bertz CT molecular complexity index is 1830. The van der Waals surface area contributed by atoms with Gasteiger partial charge in [-0.1, -0.05) is 18.7 Å². The Kier molecular flexibility index (Phi) is 9.64. The molecule has 0 aliphatic carbocycles. The van der Waals surface area contributed by atoms with E-state index in [9.17, 15) is 14.0 Å². The molecule has 2 saturated heterocycles. The number of fused-ring (bicyclic) bond motifs is 4. The summed E-state index contributed by atoms with van der Waals surface area (Å²) in [5.74, 6) is -0.179. The molecule has 2 amide bonds. The fourth-order valence-electron chi connectivity index (χ4n) is 7.13. The maximum Gasteiger partial charge on any atom is 0.407 e. The van der Waals surface area contributed by atoms with Crippen molar-refractivity contribution in [2.24, 2.45) is 0 Å². The molecule has 2 aromatic carbocycles. The summed E-state index contributed by atoms with van der Waals surface area (Å²) >= 11 is 1.56. The third-order valence-corrected chi connectivity index (χ3v) is 10.3. The van der Waals surface area contributed by atoms with Gasteiger partial charge in [-0.25, -0.2) is 9.18 Å². The molecule has 3 aliphatic heterocycles. The molecule has 3 atom stereocenters. The molecule has 2 N–H and O–H groups in total. The second-order valence-corrected chi connectivity index (χ2v) is 13.2. The standard InChI is InChI=1S/C36H38FN5O5S/c1-2-32(43)42-26-4-3-5-29(42)31(20-26)47-36(44)39-13-14-45-15-16-46-30-19-25(37)8-9-27(30)34-35-28(11-17-48-35)33(40-41-34)23-6-7-24-21-38-12-10-22(24)18-23/h2,6-9,11,17-19,26,29,31,38H,1,3-5,10,12-16,20-21H2,(H,39,44). The minimum absolute atomic E-state index is 0.0920. The van der Waals surface area contributed by atoms with Crippen molar-refractivity contribution in [3.05, 3.63) is 77.4 Å². The number of piperidine rings is 1. The highest BCUT2D eigenvalue weighted by Crippen LogP contribution is 2.40. The Morgan fingerprint density at radius 1 is 1.08 bits per heavy atom. The van der Waals surface area contributed by atoms with Gasteiger partial charge in [-0.3, -0.25) is 4.79 Å². The number of carbonyl (C=O) groups excluding carboxylic acids is 2. The van der Waals surface area contributed by atoms with E-state index >= 15 is 0 Å². The van der Waals surface area contributed by atoms with Crippen LogP contribution in [0.5, 0.6) is 5.75 Å². The first-order valence-corrected chi connectivity index (χ1v) is 17.3. The number of alkyl carbamates (subject to hydrolysis) is 1. The van der Waals surface area contributed by atoms with Crippen molar-refractivity contribution < 1.29 is 28.2 Å². The zero-order chi connectivity index (χ0) is 33.0. The van der Waals surface area contributed by atoms with E-state index in [0.29, 0.717) is 23.4 Å². The summed E-state index contributed by atoms with van der Waals surface area (Å²) in [6.45, 7) is 6.33. The molecule has 3 aliphatic rings. The molecule has 0 saturated carbocycles. The summed E-state index contributed by atoms with van der Waals surface area (Å²) in [6.07, 6.45) is 4.83. The molecule has 48 heavy (non-hydrogen) atoms. The van der Waals surface area contributed by atoms with E-state index < -0.39 is 11.9 Å². The SMILES string of the molecule is C=CC(=O)N1C2CCCC1C(OC(=O)NCCOCCOc1cc(F)ccc1-c1nnc(-c3ccc4c(c3)CCNC4)c3ccsc13)C2. The molecule has 2 bridgehead atoms. The lowest BCUT2D eigenvalue weighted by Crippen LogP contribution is -2.46. The maximum absolute atomic E-state index is 14.4. The first-order chi connectivity index (χ1) is 23.5. The lowest BCUT2D eigenvalue weighted by Gasteiger charge is -2.34. The van der Waals surface area contributed by atoms with Crippen molar-refractivity contribution in [3.8, 4) is 28.3 Å². The molecule has 2 fully saturated rings. The Balaban J connectivity index is 0.928. The first kappa shape index (κ1) is 32.2. The van der Waals surface area contributed by atoms with Crippen LogP contribution in [0.25, 0.3) is 32.6 Å². The largest absolute Gasteiger partial charge is 0.490 e. The number of thiophene rings is 1. The molecular formula is C36H38FN5O5S. The number of nitrogens with zero attached hydrogens (tertiary/aromatic N) is 3. The van der Waals surface area contributed by atoms with Crippen LogP contribution >= 0.6 is 11.3 Å². The van der Waals surface area contributed by atoms with E-state index in [2.05, 4.69) is 45.6 Å². The number of rotatable bonds is 11. The maximum atomic E-state index is 14.4. The fraction of sp³-hybridized carbons (Fsp3) is 0.389. The van der Waals surface area contributed by atoms with Crippen LogP contribution in [0.2, 0.25) is 0 Å². The van der Waals surface area contributed by atoms with Gasteiger partial charge in [-0.15, -0.1) is 21.5 Å². The van der Waals surface area contributed by atoms with E-state index in [0.717, 1.165) is 60.1 Å². The zero-order valence-corrected chi connectivity index (χ0v) is 27.4. The Labute approximate surface area is 282 Å². The van der Waals surface area contributed by atoms with Gasteiger partial charge in [0.2, 0.25) is 5.91 Å². The minimum Gasteiger partial charge on any atom is -0.490 e. The van der Waals surface area contributed by atoms with Crippen molar-refractivity contribution >= 4 is 33.4 Å². The van der Waals surface area contributed by atoms with E-state index in [1.54, 1.807) is 17.4 Å². The number of hydrogen-bond donors (Lipinski definition) is 2. The molecular weight excluding hydrogens is 633 g/mol. The molecule has 0 radical (unpaired) electrons. The molecule has 2 aromatic heterocycles. The summed E-state index contributed by atoms with van der Waals surface area (Å²) < 4.78 is 32.6. The first-order valence-electron chi connectivity index (χ1n) is 16.5. The number of aromatic nitrogens is 2. The van der Waals surface area contributed by atoms with Crippen LogP contribution in [0, 0.1) is 5.82 Å². The quantitative estimate of drug-likeness (QED) is 0.156. The molecule has 12 heteroatoms. The monoisotopic (exact) mass is 671 g/mol. The minimum atomic E-state index is -0.529. The molecule has 4 aromatic rings. The van der Waals surface area contributed by atoms with Gasteiger partial charge in [0, 0.05) is 48.1 Å². The Hall–Kier alpha value is -4.39. The van der Waals surface area contributed by atoms with Gasteiger partial charge in [0.05, 0.1) is 24.0 Å². The number of hydrogen-bond acceptors (Lipinski definition) is 9. The topological polar surface area (TPSA) is 115 Å². The van der Waals surface area contributed by atoms with Gasteiger partial charge in [0.25, 0.3) is 0 Å². The van der Waals surface area contributed by atoms with Crippen LogP contribution in [0.15, 0.2) is 60.5 Å². The van der Waals surface area contributed by atoms with Crippen LogP contribution < -0.4 is 15.4 Å². The van der Waals surface area contributed by atoms with Crippen LogP contribution in [0.1, 0.15) is 36.8 Å². The highest BCUT2D eigenvalue weighted by Gasteiger charge is 2.47. The number of halogens is 1. The van der Waals surface area contributed by atoms with Crippen molar-refractivity contribution in [2.75, 3.05) is 32.9 Å². The molecule has 7 rings (SSSR count). The van der Waals surface area contributed by atoms with E-state index in [4.69, 9.17) is 14.2 Å². The van der Waals surface area contributed by atoms with Crippen LogP contribution in [0.4, 0.5) is 9.18 Å². The summed E-state index contributed by atoms with van der Waals surface area (Å²) in [6, 6.07) is 12.9. The van der Waals surface area contributed by atoms with Gasteiger partial charge >= 0.3 is 6.09 Å². The lowest BCUT2D eigenvalue weighted by atomic mass is 9.96. The van der Waals surface area contributed by atoms with Gasteiger partial charge in [-0.2, -0.15) is 0 Å². The number of nitrogens with one attached hydrogen (secondary N) is 2. The predicted octanol–water partition coefficient (Wildman–Crippen LogP) is 5.64. The summed E-state index contributed by atoms with van der Waals surface area (Å²) in [5.41, 5.74) is 5.77. The second-order valence-electron chi connectivity index (χ2n) is 12.3. The number of carbonyl (C=O) groups is 2. The van der Waals surface area contributed by atoms with Crippen LogP contribution in [-0.2, 0) is 27.2 Å². The van der Waals surface area contributed by atoms with E-state index in [-0.39, 0.29) is 50.5 Å². The van der Waals surface area contributed by atoms with Crippen molar-refractivity contribution in [1.82, 2.24) is 25.7 Å². The van der Waals surface area contributed by atoms with Crippen molar-refractivity contribution in [3.63, 3.8) is 0 Å². The van der Waals surface area contributed by atoms with Crippen LogP contribution in [0.3, 0.4) is 0 Å². The Morgan fingerprint density at radius 2 is 1.98 bits per heavy atom. The second kappa shape index (κ2) is 14.4. The normalized spacial score (nSPS) is 19.9. The summed E-state index contributed by atoms with van der Waals surface area (Å²) in [5, 5.41) is 18.4. The molecule has 250 valence electrons. The van der Waals surface area contributed by atoms with Gasteiger partial charge in [0.15, 0.2) is 0 Å². The third-order valence-electron chi connectivity index (χ3n) is 9.36. The van der Waals surface area contributed by atoms with Gasteiger partial charge in [-0.05, 0) is 79.1 Å². The zero-order valence-electron chi connectivity index (χ0n) is 26.6. The predicted molar refractivity (Wildman–Crippen MR) is 181 cm³/mol. The summed E-state index contributed by atoms with van der Waals surface area (Å²) in [4.78, 5) is 26.6. The molecule has 5 heterocycles. The van der Waals surface area contributed by atoms with E-state index in [1.807, 2.05) is 16.3 Å². The average molecular weight is 672 g/mol. The van der Waals surface area contributed by atoms with Gasteiger partial charge < -0.3 is 29.7 Å². The van der Waals surface area contributed by atoms with Crippen LogP contribution in [-0.4, -0.2) is 78.2 Å². The molecule has 0 spiro atoms. The number of ether oxygens (including phenoxy) is 3. The van der Waals surface area contributed by atoms with Crippen molar-refractivity contribution in [1.29, 1.82) is 0 Å². The third kappa shape index (κ3) is 6.65. The van der Waals surface area contributed by atoms with Gasteiger partial charge in [0.1, 0.15) is 35.7 Å². The molecule has 3 unspecified atom stereocenters. The average Bonchev–Trinajstić information content (AvgIpc) is 3.67. The fourth-order valence-corrected chi connectivity index (χ4v) is 8.02. The lowest BCUT2D eigenvalue weighted by molar-refractivity contribution is -0.131. The smallest absolute Gasteiger partial charge is 0.407 e. The Morgan fingerprint density at radius 3 is 2.88 bits per heavy atom. The summed E-state index contributed by atoms with van der Waals surface area (Å²) in [7, 11) is 0. The molecule has 10 nitrogen and oxygen atoms in total. The highest BCUT2D eigenvalue weighted by atomic mass is 32.1.